The van der Waals surface area contributed by atoms with Gasteiger partial charge in [0.25, 0.3) is 0 Å². The van der Waals surface area contributed by atoms with Crippen molar-refractivity contribution in [3.63, 3.8) is 0 Å². The summed E-state index contributed by atoms with van der Waals surface area (Å²) < 4.78 is 10.8. The zero-order valence-corrected chi connectivity index (χ0v) is 6.31. The summed E-state index contributed by atoms with van der Waals surface area (Å²) in [7, 11) is 0. The quantitative estimate of drug-likeness (QED) is 0.613. The molecule has 0 aromatic heterocycles. The largest absolute Gasteiger partial charge is 0.612 e. The molecular weight excluding hydrogens is 148 g/mol. The van der Waals surface area contributed by atoms with Crippen LogP contribution in [-0.2, 0) is 11.2 Å². The van der Waals surface area contributed by atoms with Crippen molar-refractivity contribution in [1.82, 2.24) is 0 Å². The monoisotopic (exact) mass is 155 g/mol. The summed E-state index contributed by atoms with van der Waals surface area (Å²) >= 11 is -1.02. The fourth-order valence-electron chi connectivity index (χ4n) is 0.613. The van der Waals surface area contributed by atoms with E-state index in [9.17, 15) is 4.55 Å². The van der Waals surface area contributed by atoms with Gasteiger partial charge in [-0.05, 0) is 23.3 Å². The second kappa shape index (κ2) is 2.94. The lowest BCUT2D eigenvalue weighted by atomic mass is 10.3. The molecule has 1 rings (SSSR count). The third kappa shape index (κ3) is 1.65. The number of aromatic hydroxyl groups is 1. The molecular formula is C7H7O2S. The molecule has 0 saturated heterocycles. The van der Waals surface area contributed by atoms with Gasteiger partial charge in [0.15, 0.2) is 4.90 Å². The highest BCUT2D eigenvalue weighted by Crippen LogP contribution is 2.14. The van der Waals surface area contributed by atoms with Crippen LogP contribution in [0.4, 0.5) is 0 Å². The highest BCUT2D eigenvalue weighted by Gasteiger charge is 2.02. The first-order valence-electron chi connectivity index (χ1n) is 2.74. The summed E-state index contributed by atoms with van der Waals surface area (Å²) in [4.78, 5) is 0.622. The van der Waals surface area contributed by atoms with Crippen molar-refractivity contribution in [1.29, 1.82) is 0 Å². The Bertz CT molecular complexity index is 223. The highest BCUT2D eigenvalue weighted by molar-refractivity contribution is 7.90. The van der Waals surface area contributed by atoms with E-state index in [-0.39, 0.29) is 5.75 Å². The lowest BCUT2D eigenvalue weighted by Crippen LogP contribution is -1.95. The summed E-state index contributed by atoms with van der Waals surface area (Å²) in [5.74, 6) is 0.0349. The number of hydrogen-bond donors (Lipinski definition) is 1. The summed E-state index contributed by atoms with van der Waals surface area (Å²) in [5.41, 5.74) is 0. The molecule has 53 valence electrons. The maximum atomic E-state index is 10.8. The van der Waals surface area contributed by atoms with Crippen LogP contribution in [0.1, 0.15) is 0 Å². The van der Waals surface area contributed by atoms with Gasteiger partial charge in [0, 0.05) is 12.1 Å². The fourth-order valence-corrected chi connectivity index (χ4v) is 1.15. The third-order valence-electron chi connectivity index (χ3n) is 1.09. The molecule has 3 heteroatoms. The SMILES string of the molecule is C[S+]([O-])c1cc[c]c(O)c1. The second-order valence-electron chi connectivity index (χ2n) is 1.86. The zero-order valence-electron chi connectivity index (χ0n) is 5.50. The molecule has 10 heavy (non-hydrogen) atoms. The van der Waals surface area contributed by atoms with Crippen LogP contribution in [0.25, 0.3) is 0 Å². The van der Waals surface area contributed by atoms with E-state index in [0.717, 1.165) is 0 Å². The molecule has 0 spiro atoms. The number of phenols is 1. The minimum Gasteiger partial charge on any atom is -0.612 e. The Balaban J connectivity index is 2.96. The first-order valence-corrected chi connectivity index (χ1v) is 4.30. The molecule has 0 heterocycles. The van der Waals surface area contributed by atoms with Gasteiger partial charge in [0.2, 0.25) is 0 Å². The summed E-state index contributed by atoms with van der Waals surface area (Å²) in [6.07, 6.45) is 1.56. The minimum atomic E-state index is -1.02. The predicted molar refractivity (Wildman–Crippen MR) is 39.3 cm³/mol. The van der Waals surface area contributed by atoms with E-state index < -0.39 is 11.2 Å². The maximum absolute atomic E-state index is 10.8. The molecule has 1 aromatic carbocycles. The van der Waals surface area contributed by atoms with E-state index in [1.807, 2.05) is 0 Å². The normalized spacial score (nSPS) is 13.0. The Hall–Kier alpha value is -0.670. The number of phenolic OH excluding ortho intramolecular Hbond substituents is 1. The Morgan fingerprint density at radius 1 is 1.70 bits per heavy atom. The number of benzene rings is 1. The van der Waals surface area contributed by atoms with E-state index >= 15 is 0 Å². The van der Waals surface area contributed by atoms with E-state index in [1.165, 1.54) is 6.07 Å². The van der Waals surface area contributed by atoms with Crippen LogP contribution in [0.15, 0.2) is 23.1 Å². The molecule has 1 atom stereocenters. The van der Waals surface area contributed by atoms with Gasteiger partial charge in [-0.1, -0.05) is 0 Å². The van der Waals surface area contributed by atoms with Gasteiger partial charge >= 0.3 is 0 Å². The van der Waals surface area contributed by atoms with Crippen molar-refractivity contribution < 1.29 is 9.66 Å². The standard InChI is InChI=1S/C7H7O2S/c1-10(9)7-4-2-3-6(8)5-7/h2,4-5,8H,1H3. The topological polar surface area (TPSA) is 43.3 Å². The van der Waals surface area contributed by atoms with Gasteiger partial charge in [-0.15, -0.1) is 0 Å². The van der Waals surface area contributed by atoms with Crippen molar-refractivity contribution in [3.8, 4) is 5.75 Å². The van der Waals surface area contributed by atoms with Crippen LogP contribution >= 0.6 is 0 Å². The lowest BCUT2D eigenvalue weighted by Gasteiger charge is -2.02. The van der Waals surface area contributed by atoms with E-state index in [4.69, 9.17) is 5.11 Å². The van der Waals surface area contributed by atoms with E-state index in [1.54, 1.807) is 18.4 Å². The van der Waals surface area contributed by atoms with Gasteiger partial charge in [-0.25, -0.2) is 0 Å². The van der Waals surface area contributed by atoms with Gasteiger partial charge in [0.1, 0.15) is 12.0 Å². The first kappa shape index (κ1) is 7.44. The maximum Gasteiger partial charge on any atom is 0.156 e. The van der Waals surface area contributed by atoms with E-state index in [0.29, 0.717) is 4.90 Å². The van der Waals surface area contributed by atoms with Crippen molar-refractivity contribution in [2.75, 3.05) is 6.26 Å². The van der Waals surface area contributed by atoms with Crippen LogP contribution in [0, 0.1) is 6.07 Å². The second-order valence-corrected chi connectivity index (χ2v) is 3.24. The third-order valence-corrected chi connectivity index (χ3v) is 2.01. The van der Waals surface area contributed by atoms with Gasteiger partial charge in [-0.3, -0.25) is 0 Å². The average Bonchev–Trinajstić information content (AvgIpc) is 1.88. The van der Waals surface area contributed by atoms with Crippen LogP contribution in [0.2, 0.25) is 0 Å². The van der Waals surface area contributed by atoms with Crippen LogP contribution in [-0.4, -0.2) is 15.9 Å². The van der Waals surface area contributed by atoms with Gasteiger partial charge in [0.05, 0.1) is 0 Å². The summed E-state index contributed by atoms with van der Waals surface area (Å²) in [5, 5.41) is 8.87. The Kier molecular flexibility index (Phi) is 2.19. The number of hydrogen-bond acceptors (Lipinski definition) is 2. The lowest BCUT2D eigenvalue weighted by molar-refractivity contribution is 0.472. The Labute approximate surface area is 62.7 Å². The molecule has 1 unspecified atom stereocenters. The van der Waals surface area contributed by atoms with Crippen molar-refractivity contribution in [2.24, 2.45) is 0 Å². The Morgan fingerprint density at radius 2 is 2.40 bits per heavy atom. The molecule has 0 aliphatic rings. The molecule has 0 amide bonds. The molecule has 2 nitrogen and oxygen atoms in total. The molecule has 0 bridgehead atoms. The number of rotatable bonds is 1. The predicted octanol–water partition coefficient (Wildman–Crippen LogP) is 0.930. The molecule has 1 N–H and O–H groups in total. The van der Waals surface area contributed by atoms with Crippen molar-refractivity contribution in [3.05, 3.63) is 24.3 Å². The van der Waals surface area contributed by atoms with Gasteiger partial charge in [-0.2, -0.15) is 0 Å². The van der Waals surface area contributed by atoms with Crippen molar-refractivity contribution in [2.45, 2.75) is 4.90 Å². The molecule has 1 radical (unpaired) electrons. The van der Waals surface area contributed by atoms with Gasteiger partial charge < -0.3 is 9.66 Å². The minimum absolute atomic E-state index is 0.0349. The van der Waals surface area contributed by atoms with Crippen LogP contribution in [0.5, 0.6) is 5.75 Å². The van der Waals surface area contributed by atoms with E-state index in [2.05, 4.69) is 6.07 Å². The fraction of sp³-hybridized carbons (Fsp3) is 0.143. The molecule has 1 aromatic rings. The summed E-state index contributed by atoms with van der Waals surface area (Å²) in [6.45, 7) is 0. The highest BCUT2D eigenvalue weighted by atomic mass is 32.2. The molecule has 0 aliphatic carbocycles. The van der Waals surface area contributed by atoms with Crippen LogP contribution in [0.3, 0.4) is 0 Å². The summed E-state index contributed by atoms with van der Waals surface area (Å²) in [6, 6.07) is 7.20. The van der Waals surface area contributed by atoms with Crippen molar-refractivity contribution >= 4 is 11.2 Å². The smallest absolute Gasteiger partial charge is 0.156 e. The average molecular weight is 155 g/mol. The molecule has 0 saturated carbocycles. The Morgan fingerprint density at radius 3 is 2.80 bits per heavy atom. The molecule has 0 fully saturated rings. The molecule has 0 aliphatic heterocycles. The van der Waals surface area contributed by atoms with Crippen LogP contribution < -0.4 is 0 Å². The zero-order chi connectivity index (χ0) is 7.56. The first-order chi connectivity index (χ1) is 4.70.